The summed E-state index contributed by atoms with van der Waals surface area (Å²) < 4.78 is 5.70. The molecule has 0 spiro atoms. The molecule has 0 aliphatic carbocycles. The Morgan fingerprint density at radius 1 is 1.23 bits per heavy atom. The zero-order chi connectivity index (χ0) is 15.9. The number of aryl methyl sites for hydroxylation is 2. The molecule has 0 bridgehead atoms. The molecule has 1 amide bonds. The van der Waals surface area contributed by atoms with Gasteiger partial charge in [0.2, 0.25) is 5.91 Å². The molecule has 4 heteroatoms. The van der Waals surface area contributed by atoms with Crippen molar-refractivity contribution in [3.05, 3.63) is 59.4 Å². The summed E-state index contributed by atoms with van der Waals surface area (Å²) in [5, 5.41) is 2.96. The van der Waals surface area contributed by atoms with Gasteiger partial charge in [0.1, 0.15) is 5.75 Å². The summed E-state index contributed by atoms with van der Waals surface area (Å²) in [6.07, 6.45) is 3.78. The second-order valence-electron chi connectivity index (χ2n) is 5.44. The zero-order valence-electron chi connectivity index (χ0n) is 13.3. The third-order valence-electron chi connectivity index (χ3n) is 3.51. The lowest BCUT2D eigenvalue weighted by Crippen LogP contribution is -2.27. The average molecular weight is 298 g/mol. The van der Waals surface area contributed by atoms with Crippen LogP contribution in [0.25, 0.3) is 0 Å². The van der Waals surface area contributed by atoms with Gasteiger partial charge in [-0.2, -0.15) is 0 Å². The van der Waals surface area contributed by atoms with Crippen molar-refractivity contribution in [2.45, 2.75) is 33.2 Å². The molecule has 116 valence electrons. The van der Waals surface area contributed by atoms with E-state index in [2.05, 4.69) is 10.3 Å². The third-order valence-corrected chi connectivity index (χ3v) is 3.51. The van der Waals surface area contributed by atoms with Crippen LogP contribution >= 0.6 is 0 Å². The van der Waals surface area contributed by atoms with Gasteiger partial charge in [0.05, 0.1) is 19.1 Å². The van der Waals surface area contributed by atoms with E-state index in [1.165, 1.54) is 0 Å². The number of nitrogens with one attached hydrogen (secondary N) is 1. The van der Waals surface area contributed by atoms with E-state index in [-0.39, 0.29) is 11.9 Å². The lowest BCUT2D eigenvalue weighted by Gasteiger charge is -2.14. The standard InChI is InChI=1S/C18H22N2O2/c1-13-4-5-14(2)17(12-13)22-11-8-18(21)20-15(3)16-6-9-19-10-7-16/h4-7,9-10,12,15H,8,11H2,1-3H3,(H,20,21)/t15-/m0/s1. The smallest absolute Gasteiger partial charge is 0.223 e. The van der Waals surface area contributed by atoms with Crippen molar-refractivity contribution in [2.75, 3.05) is 6.61 Å². The Kier molecular flexibility index (Phi) is 5.53. The van der Waals surface area contributed by atoms with Gasteiger partial charge in [-0.25, -0.2) is 0 Å². The molecular weight excluding hydrogens is 276 g/mol. The Hall–Kier alpha value is -2.36. The molecule has 2 aromatic rings. The number of pyridine rings is 1. The molecule has 4 nitrogen and oxygen atoms in total. The summed E-state index contributed by atoms with van der Waals surface area (Å²) in [5.41, 5.74) is 3.27. The van der Waals surface area contributed by atoms with Crippen LogP contribution in [0.2, 0.25) is 0 Å². The number of hydrogen-bond acceptors (Lipinski definition) is 3. The Balaban J connectivity index is 1.79. The Labute approximate surface area is 131 Å². The maximum absolute atomic E-state index is 12.0. The summed E-state index contributed by atoms with van der Waals surface area (Å²) in [5.74, 6) is 0.824. The van der Waals surface area contributed by atoms with Gasteiger partial charge in [0, 0.05) is 12.4 Å². The first-order chi connectivity index (χ1) is 10.6. The van der Waals surface area contributed by atoms with Gasteiger partial charge >= 0.3 is 0 Å². The van der Waals surface area contributed by atoms with Gasteiger partial charge in [-0.3, -0.25) is 9.78 Å². The molecule has 0 aliphatic rings. The first kappa shape index (κ1) is 16.0. The number of carbonyl (C=O) groups excluding carboxylic acids is 1. The highest BCUT2D eigenvalue weighted by Crippen LogP contribution is 2.19. The fourth-order valence-electron chi connectivity index (χ4n) is 2.17. The Bertz CT molecular complexity index is 626. The molecule has 0 saturated carbocycles. The van der Waals surface area contributed by atoms with Gasteiger partial charge < -0.3 is 10.1 Å². The first-order valence-corrected chi connectivity index (χ1v) is 7.45. The molecule has 0 fully saturated rings. The molecule has 1 heterocycles. The summed E-state index contributed by atoms with van der Waals surface area (Å²) in [7, 11) is 0. The van der Waals surface area contributed by atoms with Crippen molar-refractivity contribution in [3.63, 3.8) is 0 Å². The van der Waals surface area contributed by atoms with E-state index >= 15 is 0 Å². The highest BCUT2D eigenvalue weighted by molar-refractivity contribution is 5.76. The van der Waals surface area contributed by atoms with E-state index in [9.17, 15) is 4.79 Å². The monoisotopic (exact) mass is 298 g/mol. The van der Waals surface area contributed by atoms with E-state index in [0.717, 1.165) is 22.4 Å². The number of hydrogen-bond donors (Lipinski definition) is 1. The molecule has 0 saturated heterocycles. The van der Waals surface area contributed by atoms with Crippen molar-refractivity contribution in [1.29, 1.82) is 0 Å². The van der Waals surface area contributed by atoms with Gasteiger partial charge in [-0.05, 0) is 55.7 Å². The molecule has 22 heavy (non-hydrogen) atoms. The first-order valence-electron chi connectivity index (χ1n) is 7.45. The number of aromatic nitrogens is 1. The minimum absolute atomic E-state index is 0.0189. The summed E-state index contributed by atoms with van der Waals surface area (Å²) in [6.45, 7) is 6.35. The van der Waals surface area contributed by atoms with Crippen molar-refractivity contribution in [2.24, 2.45) is 0 Å². The number of benzene rings is 1. The largest absolute Gasteiger partial charge is 0.493 e. The maximum Gasteiger partial charge on any atom is 0.223 e. The highest BCUT2D eigenvalue weighted by Gasteiger charge is 2.09. The second kappa shape index (κ2) is 7.59. The van der Waals surface area contributed by atoms with Crippen LogP contribution in [0.5, 0.6) is 5.75 Å². The summed E-state index contributed by atoms with van der Waals surface area (Å²) in [4.78, 5) is 15.9. The fourth-order valence-corrected chi connectivity index (χ4v) is 2.17. The Morgan fingerprint density at radius 2 is 1.95 bits per heavy atom. The lowest BCUT2D eigenvalue weighted by atomic mass is 10.1. The third kappa shape index (κ3) is 4.58. The quantitative estimate of drug-likeness (QED) is 0.890. The van der Waals surface area contributed by atoms with E-state index < -0.39 is 0 Å². The molecule has 0 unspecified atom stereocenters. The van der Waals surface area contributed by atoms with Gasteiger partial charge in [-0.1, -0.05) is 12.1 Å². The van der Waals surface area contributed by atoms with Crippen LogP contribution in [0, 0.1) is 13.8 Å². The topological polar surface area (TPSA) is 51.2 Å². The van der Waals surface area contributed by atoms with Crippen molar-refractivity contribution in [1.82, 2.24) is 10.3 Å². The number of rotatable bonds is 6. The minimum atomic E-state index is -0.0313. The molecule has 1 atom stereocenters. The normalized spacial score (nSPS) is 11.8. The second-order valence-corrected chi connectivity index (χ2v) is 5.44. The molecule has 2 rings (SSSR count). The lowest BCUT2D eigenvalue weighted by molar-refractivity contribution is -0.122. The van der Waals surface area contributed by atoms with Crippen LogP contribution in [0.15, 0.2) is 42.7 Å². The molecule has 1 aromatic carbocycles. The summed E-state index contributed by atoms with van der Waals surface area (Å²) >= 11 is 0. The predicted molar refractivity (Wildman–Crippen MR) is 86.8 cm³/mol. The van der Waals surface area contributed by atoms with Crippen molar-refractivity contribution >= 4 is 5.91 Å². The van der Waals surface area contributed by atoms with Crippen LogP contribution in [0.4, 0.5) is 0 Å². The maximum atomic E-state index is 12.0. The van der Waals surface area contributed by atoms with Crippen molar-refractivity contribution in [3.8, 4) is 5.75 Å². The molecular formula is C18H22N2O2. The SMILES string of the molecule is Cc1ccc(C)c(OCCC(=O)N[C@@H](C)c2ccncc2)c1. The van der Waals surface area contributed by atoms with Crippen LogP contribution in [-0.4, -0.2) is 17.5 Å². The Morgan fingerprint density at radius 3 is 2.68 bits per heavy atom. The number of nitrogens with zero attached hydrogens (tertiary/aromatic N) is 1. The highest BCUT2D eigenvalue weighted by atomic mass is 16.5. The molecule has 0 aliphatic heterocycles. The van der Waals surface area contributed by atoms with Crippen LogP contribution in [-0.2, 0) is 4.79 Å². The molecule has 1 aromatic heterocycles. The number of ether oxygens (including phenoxy) is 1. The zero-order valence-corrected chi connectivity index (χ0v) is 13.3. The van der Waals surface area contributed by atoms with E-state index in [1.54, 1.807) is 12.4 Å². The predicted octanol–water partition coefficient (Wildman–Crippen LogP) is 3.34. The number of amides is 1. The van der Waals surface area contributed by atoms with Crippen LogP contribution in [0.3, 0.4) is 0 Å². The number of carbonyl (C=O) groups is 1. The van der Waals surface area contributed by atoms with E-state index in [4.69, 9.17) is 4.74 Å². The van der Waals surface area contributed by atoms with Crippen LogP contribution < -0.4 is 10.1 Å². The summed E-state index contributed by atoms with van der Waals surface area (Å²) in [6, 6.07) is 9.83. The van der Waals surface area contributed by atoms with Gasteiger partial charge in [0.15, 0.2) is 0 Å². The molecule has 0 radical (unpaired) electrons. The van der Waals surface area contributed by atoms with Crippen molar-refractivity contribution < 1.29 is 9.53 Å². The van der Waals surface area contributed by atoms with Gasteiger partial charge in [-0.15, -0.1) is 0 Å². The molecule has 1 N–H and O–H groups in total. The van der Waals surface area contributed by atoms with Gasteiger partial charge in [0.25, 0.3) is 0 Å². The fraction of sp³-hybridized carbons (Fsp3) is 0.333. The minimum Gasteiger partial charge on any atom is -0.493 e. The van der Waals surface area contributed by atoms with E-state index in [1.807, 2.05) is 51.1 Å². The van der Waals surface area contributed by atoms with E-state index in [0.29, 0.717) is 13.0 Å². The average Bonchev–Trinajstić information content (AvgIpc) is 2.51. The van der Waals surface area contributed by atoms with Crippen LogP contribution in [0.1, 0.15) is 36.1 Å².